The molecule has 4 rings (SSSR count). The quantitative estimate of drug-likeness (QED) is 0.391. The van der Waals surface area contributed by atoms with Gasteiger partial charge in [-0.15, -0.1) is 0 Å². The van der Waals surface area contributed by atoms with E-state index in [1.54, 1.807) is 26.0 Å². The van der Waals surface area contributed by atoms with Crippen LogP contribution in [0.3, 0.4) is 0 Å². The van der Waals surface area contributed by atoms with Crippen molar-refractivity contribution in [2.75, 3.05) is 17.7 Å². The van der Waals surface area contributed by atoms with Gasteiger partial charge in [0.15, 0.2) is 0 Å². The summed E-state index contributed by atoms with van der Waals surface area (Å²) < 4.78 is 57.7. The number of benzene rings is 1. The first kappa shape index (κ1) is 25.7. The van der Waals surface area contributed by atoms with Crippen molar-refractivity contribution in [1.29, 1.82) is 0 Å². The predicted octanol–water partition coefficient (Wildman–Crippen LogP) is 5.39. The number of ether oxygens (including phenoxy) is 3. The summed E-state index contributed by atoms with van der Waals surface area (Å²) in [4.78, 5) is 25.8. The van der Waals surface area contributed by atoms with Crippen LogP contribution in [0.1, 0.15) is 60.9 Å². The van der Waals surface area contributed by atoms with E-state index in [2.05, 4.69) is 25.6 Å². The fraction of sp³-hybridized carbons (Fsp3) is 0.280. The van der Waals surface area contributed by atoms with E-state index in [1.807, 2.05) is 0 Å². The Hall–Kier alpha value is -4.35. The monoisotopic (exact) mass is 515 g/mol. The van der Waals surface area contributed by atoms with Crippen LogP contribution in [0.25, 0.3) is 0 Å². The molecule has 194 valence electrons. The van der Waals surface area contributed by atoms with Crippen molar-refractivity contribution in [2.45, 2.75) is 38.5 Å². The Morgan fingerprint density at radius 1 is 1.05 bits per heavy atom. The number of amides is 1. The smallest absolute Gasteiger partial charge is 0.318 e. The third-order valence-corrected chi connectivity index (χ3v) is 5.70. The average Bonchev–Trinajstić information content (AvgIpc) is 3.42. The third-order valence-electron chi connectivity index (χ3n) is 5.70. The van der Waals surface area contributed by atoms with Gasteiger partial charge in [0.1, 0.15) is 24.2 Å². The van der Waals surface area contributed by atoms with Gasteiger partial charge in [0.05, 0.1) is 35.9 Å². The van der Waals surface area contributed by atoms with Crippen LogP contribution in [0.4, 0.5) is 24.7 Å². The molecule has 12 heteroatoms. The highest BCUT2D eigenvalue weighted by Gasteiger charge is 2.33. The third kappa shape index (κ3) is 5.57. The van der Waals surface area contributed by atoms with Crippen LogP contribution in [0.15, 0.2) is 55.2 Å². The topological polar surface area (TPSA) is 107 Å². The van der Waals surface area contributed by atoms with Crippen molar-refractivity contribution >= 4 is 17.4 Å². The molecule has 0 spiro atoms. The van der Waals surface area contributed by atoms with Crippen molar-refractivity contribution in [3.63, 3.8) is 0 Å². The number of anilines is 2. The van der Waals surface area contributed by atoms with Gasteiger partial charge in [-0.05, 0) is 26.0 Å². The van der Waals surface area contributed by atoms with E-state index in [1.165, 1.54) is 44.2 Å². The minimum Gasteiger partial charge on any atom is -0.467 e. The molecule has 3 heterocycles. The van der Waals surface area contributed by atoms with Crippen LogP contribution in [0.5, 0.6) is 6.01 Å². The fourth-order valence-electron chi connectivity index (χ4n) is 3.77. The molecule has 0 aliphatic carbocycles. The van der Waals surface area contributed by atoms with Crippen LogP contribution in [-0.2, 0) is 14.3 Å². The second kappa shape index (κ2) is 11.1. The number of hydrogen-bond donors (Lipinski definition) is 2. The predicted molar refractivity (Wildman–Crippen MR) is 127 cm³/mol. The molecule has 1 amide bonds. The number of halogens is 3. The molecule has 0 fully saturated rings. The molecule has 0 saturated carbocycles. The summed E-state index contributed by atoms with van der Waals surface area (Å²) >= 11 is 0. The maximum atomic E-state index is 14.8. The van der Waals surface area contributed by atoms with E-state index < -0.39 is 42.0 Å². The minimum absolute atomic E-state index is 0.00209. The van der Waals surface area contributed by atoms with Gasteiger partial charge < -0.3 is 24.8 Å². The summed E-state index contributed by atoms with van der Waals surface area (Å²) in [7, 11) is 1.35. The lowest BCUT2D eigenvalue weighted by Gasteiger charge is -2.24. The number of hydrogen-bond acceptors (Lipinski definition) is 8. The Morgan fingerprint density at radius 3 is 2.38 bits per heavy atom. The summed E-state index contributed by atoms with van der Waals surface area (Å²) in [5.74, 6) is -2.15. The minimum atomic E-state index is -2.97. The highest BCUT2D eigenvalue weighted by atomic mass is 19.3. The van der Waals surface area contributed by atoms with Crippen LogP contribution in [0.2, 0.25) is 0 Å². The lowest BCUT2D eigenvalue weighted by atomic mass is 9.99. The van der Waals surface area contributed by atoms with Crippen molar-refractivity contribution in [3.05, 3.63) is 83.5 Å². The highest BCUT2D eigenvalue weighted by molar-refractivity contribution is 5.95. The van der Waals surface area contributed by atoms with Gasteiger partial charge in [-0.1, -0.05) is 18.2 Å². The Balaban J connectivity index is 1.74. The summed E-state index contributed by atoms with van der Waals surface area (Å²) in [6.07, 6.45) is 1.72. The number of carbonyl (C=O) groups is 1. The Bertz CT molecular complexity index is 1280. The van der Waals surface area contributed by atoms with Gasteiger partial charge >= 0.3 is 6.01 Å². The molecule has 9 nitrogen and oxygen atoms in total. The number of alkyl halides is 2. The number of nitrogens with one attached hydrogen (secondary N) is 2. The number of nitrogens with zero attached hydrogens (tertiary/aromatic N) is 3. The van der Waals surface area contributed by atoms with E-state index in [-0.39, 0.29) is 28.6 Å². The van der Waals surface area contributed by atoms with Gasteiger partial charge in [0.25, 0.3) is 12.7 Å². The molecule has 1 aliphatic heterocycles. The van der Waals surface area contributed by atoms with Gasteiger partial charge in [0.2, 0.25) is 5.91 Å². The Morgan fingerprint density at radius 2 is 1.73 bits per heavy atom. The molecule has 3 aromatic rings. The maximum absolute atomic E-state index is 14.8. The summed E-state index contributed by atoms with van der Waals surface area (Å²) in [6.45, 7) is 3.21. The molecular formula is C25H24F3N5O4. The SMILES string of the molecule is COc1nc(N[C@H](C)c2cccc(C(F)F)c2F)c(C2OC=CO2)c(C(C)C(=O)Nc2ccncc2)n1. The van der Waals surface area contributed by atoms with Crippen LogP contribution >= 0.6 is 0 Å². The van der Waals surface area contributed by atoms with Crippen LogP contribution in [-0.4, -0.2) is 28.0 Å². The Kier molecular flexibility index (Phi) is 7.75. The molecular weight excluding hydrogens is 491 g/mol. The lowest BCUT2D eigenvalue weighted by Crippen LogP contribution is -2.24. The number of methoxy groups -OCH3 is 1. The largest absolute Gasteiger partial charge is 0.467 e. The molecule has 1 aliphatic rings. The van der Waals surface area contributed by atoms with Crippen molar-refractivity contribution in [3.8, 4) is 6.01 Å². The molecule has 0 bridgehead atoms. The second-order valence-electron chi connectivity index (χ2n) is 8.10. The second-order valence-corrected chi connectivity index (χ2v) is 8.10. The van der Waals surface area contributed by atoms with Gasteiger partial charge in [0, 0.05) is 23.6 Å². The zero-order valence-corrected chi connectivity index (χ0v) is 20.1. The van der Waals surface area contributed by atoms with Crippen LogP contribution < -0.4 is 15.4 Å². The van der Waals surface area contributed by atoms with Gasteiger partial charge in [-0.25, -0.2) is 13.2 Å². The van der Waals surface area contributed by atoms with Gasteiger partial charge in [-0.2, -0.15) is 9.97 Å². The lowest BCUT2D eigenvalue weighted by molar-refractivity contribution is -0.117. The summed E-state index contributed by atoms with van der Waals surface area (Å²) in [5, 5.41) is 5.81. The maximum Gasteiger partial charge on any atom is 0.318 e. The fourth-order valence-corrected chi connectivity index (χ4v) is 3.77. The Labute approximate surface area is 210 Å². The zero-order valence-electron chi connectivity index (χ0n) is 20.1. The van der Waals surface area contributed by atoms with Crippen molar-refractivity contribution in [1.82, 2.24) is 15.0 Å². The average molecular weight is 515 g/mol. The molecule has 0 saturated heterocycles. The van der Waals surface area contributed by atoms with E-state index in [4.69, 9.17) is 14.2 Å². The molecule has 2 aromatic heterocycles. The van der Waals surface area contributed by atoms with E-state index in [0.29, 0.717) is 5.69 Å². The van der Waals surface area contributed by atoms with Crippen molar-refractivity contribution < 1.29 is 32.2 Å². The number of aromatic nitrogens is 3. The standard InChI is InChI=1S/C25H24F3N5O4/c1-13(23(34)31-15-7-9-29-10-8-15)20-18(24-36-11-12-37-24)22(33-25(32-20)35-3)30-14(2)16-5-4-6-17(19(16)26)21(27)28/h4-14,21,24H,1-3H3,(H,29,31,34)(H,30,32,33)/t13?,14-/m1/s1. The van der Waals surface area contributed by atoms with Gasteiger partial charge in [-0.3, -0.25) is 9.78 Å². The number of pyridine rings is 1. The van der Waals surface area contributed by atoms with E-state index in [0.717, 1.165) is 6.07 Å². The molecule has 0 radical (unpaired) electrons. The molecule has 2 N–H and O–H groups in total. The zero-order chi connectivity index (χ0) is 26.5. The normalized spacial score (nSPS) is 14.6. The molecule has 37 heavy (non-hydrogen) atoms. The highest BCUT2D eigenvalue weighted by Crippen LogP contribution is 2.38. The summed E-state index contributed by atoms with van der Waals surface area (Å²) in [5.41, 5.74) is 0.313. The van der Waals surface area contributed by atoms with E-state index >= 15 is 0 Å². The first-order valence-electron chi connectivity index (χ1n) is 11.3. The van der Waals surface area contributed by atoms with Crippen LogP contribution in [0, 0.1) is 5.82 Å². The number of carbonyl (C=O) groups excluding carboxylic acids is 1. The first-order chi connectivity index (χ1) is 17.8. The van der Waals surface area contributed by atoms with E-state index in [9.17, 15) is 18.0 Å². The number of rotatable bonds is 9. The summed E-state index contributed by atoms with van der Waals surface area (Å²) in [6, 6.07) is 6.15. The van der Waals surface area contributed by atoms with Crippen molar-refractivity contribution in [2.24, 2.45) is 0 Å². The first-order valence-corrected chi connectivity index (χ1v) is 11.3. The molecule has 2 atom stereocenters. The molecule has 1 unspecified atom stereocenters. The molecule has 1 aromatic carbocycles.